The van der Waals surface area contributed by atoms with Crippen LogP contribution >= 0.6 is 0 Å². The first-order valence-electron chi connectivity index (χ1n) is 9.69. The number of aliphatic carboxylic acids is 3. The molecule has 0 saturated carbocycles. The second-order valence-electron chi connectivity index (χ2n) is 6.19. The maximum Gasteiger partial charge on any atom is 3.00 e. The smallest absolute Gasteiger partial charge is 0.545 e. The molecule has 7 heteroatoms. The summed E-state index contributed by atoms with van der Waals surface area (Å²) < 4.78 is 0. The van der Waals surface area contributed by atoms with E-state index >= 15 is 0 Å². The van der Waals surface area contributed by atoms with Gasteiger partial charge in [-0.25, -0.2) is 0 Å². The van der Waals surface area contributed by atoms with Gasteiger partial charge >= 0.3 is 17.4 Å². The molecule has 0 heterocycles. The molecule has 3 rings (SSSR count). The number of carbonyl (C=O) groups is 3. The second-order valence-corrected chi connectivity index (χ2v) is 6.19. The minimum absolute atomic E-state index is 0. The van der Waals surface area contributed by atoms with Crippen LogP contribution in [0.2, 0.25) is 0 Å². The van der Waals surface area contributed by atoms with Crippen molar-refractivity contribution in [2.24, 2.45) is 0 Å². The van der Waals surface area contributed by atoms with Crippen molar-refractivity contribution < 1.29 is 29.7 Å². The van der Waals surface area contributed by atoms with Crippen LogP contribution in [0.4, 0.5) is 0 Å². The Morgan fingerprint density at radius 2 is 0.647 bits per heavy atom. The average molecular weight is 468 g/mol. The third-order valence-electron chi connectivity index (χ3n) is 3.63. The van der Waals surface area contributed by atoms with Crippen LogP contribution < -0.4 is 15.3 Å². The normalized spacial score (nSPS) is 9.88. The Morgan fingerprint density at radius 1 is 0.441 bits per heavy atom. The molecular formula is C27H21AlO6. The zero-order valence-corrected chi connectivity index (χ0v) is 19.3. The third kappa shape index (κ3) is 16.5. The van der Waals surface area contributed by atoms with Gasteiger partial charge in [0.25, 0.3) is 0 Å². The number of carbonyl (C=O) groups excluding carboxylic acids is 3. The van der Waals surface area contributed by atoms with Crippen molar-refractivity contribution in [1.29, 1.82) is 0 Å². The molecule has 0 aliphatic carbocycles. The first-order chi connectivity index (χ1) is 15.9. The number of benzene rings is 3. The van der Waals surface area contributed by atoms with Gasteiger partial charge in [-0.15, -0.1) is 0 Å². The SMILES string of the molecule is O=C([O-])/C=C/c1ccccc1.O=C([O-])/C=C/c1ccccc1.O=C([O-])/C=C/c1ccccc1.[Al+3]. The van der Waals surface area contributed by atoms with Crippen molar-refractivity contribution in [2.45, 2.75) is 0 Å². The van der Waals surface area contributed by atoms with Crippen molar-refractivity contribution in [1.82, 2.24) is 0 Å². The van der Waals surface area contributed by atoms with Gasteiger partial charge in [-0.05, 0) is 34.9 Å². The first kappa shape index (κ1) is 29.8. The number of hydrogen-bond acceptors (Lipinski definition) is 6. The summed E-state index contributed by atoms with van der Waals surface area (Å²) in [7, 11) is 0. The minimum Gasteiger partial charge on any atom is -0.545 e. The molecule has 3 aromatic carbocycles. The minimum atomic E-state index is -1.17. The van der Waals surface area contributed by atoms with E-state index in [9.17, 15) is 29.7 Å². The molecule has 6 nitrogen and oxygen atoms in total. The molecule has 0 amide bonds. The largest absolute Gasteiger partial charge is 3.00 e. The molecule has 168 valence electrons. The van der Waals surface area contributed by atoms with Gasteiger partial charge in [-0.1, -0.05) is 109 Å². The van der Waals surface area contributed by atoms with E-state index in [1.165, 1.54) is 18.2 Å². The van der Waals surface area contributed by atoms with Crippen molar-refractivity contribution in [3.05, 3.63) is 126 Å². The molecule has 0 atom stereocenters. The monoisotopic (exact) mass is 468 g/mol. The Bertz CT molecular complexity index is 934. The van der Waals surface area contributed by atoms with Gasteiger partial charge in [0.1, 0.15) is 0 Å². The van der Waals surface area contributed by atoms with E-state index in [1.54, 1.807) is 0 Å². The van der Waals surface area contributed by atoms with Crippen LogP contribution in [0, 0.1) is 0 Å². The zero-order chi connectivity index (χ0) is 24.3. The predicted octanol–water partition coefficient (Wildman–Crippen LogP) is 0.968. The molecule has 0 spiro atoms. The quantitative estimate of drug-likeness (QED) is 0.393. The van der Waals surface area contributed by atoms with E-state index < -0.39 is 17.9 Å². The average Bonchev–Trinajstić information content (AvgIpc) is 2.83. The van der Waals surface area contributed by atoms with Crippen molar-refractivity contribution in [3.8, 4) is 0 Å². The molecule has 3 aromatic rings. The van der Waals surface area contributed by atoms with Crippen LogP contribution in [0.25, 0.3) is 18.2 Å². The number of carboxylic acid groups (broad SMARTS) is 3. The van der Waals surface area contributed by atoms with E-state index in [1.807, 2.05) is 91.0 Å². The van der Waals surface area contributed by atoms with E-state index in [0.717, 1.165) is 34.9 Å². The van der Waals surface area contributed by atoms with Crippen molar-refractivity contribution in [3.63, 3.8) is 0 Å². The maximum atomic E-state index is 9.97. The Hall–Kier alpha value is -4.18. The van der Waals surface area contributed by atoms with Gasteiger partial charge in [0, 0.05) is 0 Å². The van der Waals surface area contributed by atoms with Gasteiger partial charge < -0.3 is 29.7 Å². The maximum absolute atomic E-state index is 9.97. The molecule has 0 fully saturated rings. The molecule has 0 unspecified atom stereocenters. The van der Waals surface area contributed by atoms with Crippen molar-refractivity contribution in [2.75, 3.05) is 0 Å². The van der Waals surface area contributed by atoms with Gasteiger partial charge in [0.2, 0.25) is 0 Å². The molecule has 0 bridgehead atoms. The third-order valence-corrected chi connectivity index (χ3v) is 3.63. The van der Waals surface area contributed by atoms with E-state index in [4.69, 9.17) is 0 Å². The summed E-state index contributed by atoms with van der Waals surface area (Å²) in [5, 5.41) is 29.9. The fraction of sp³-hybridized carbons (Fsp3) is 0. The molecule has 0 aliphatic rings. The molecule has 0 saturated heterocycles. The van der Waals surface area contributed by atoms with Crippen LogP contribution in [-0.2, 0) is 14.4 Å². The molecular weight excluding hydrogens is 447 g/mol. The van der Waals surface area contributed by atoms with Crippen LogP contribution in [0.3, 0.4) is 0 Å². The van der Waals surface area contributed by atoms with Gasteiger partial charge in [0.05, 0.1) is 17.9 Å². The zero-order valence-electron chi connectivity index (χ0n) is 18.2. The van der Waals surface area contributed by atoms with Crippen molar-refractivity contribution >= 4 is 53.5 Å². The number of hydrogen-bond donors (Lipinski definition) is 0. The van der Waals surface area contributed by atoms with Crippen LogP contribution in [0.5, 0.6) is 0 Å². The summed E-state index contributed by atoms with van der Waals surface area (Å²) in [4.78, 5) is 29.9. The topological polar surface area (TPSA) is 120 Å². The number of rotatable bonds is 6. The van der Waals surface area contributed by atoms with Crippen LogP contribution in [-0.4, -0.2) is 35.3 Å². The fourth-order valence-electron chi connectivity index (χ4n) is 2.19. The molecule has 0 aromatic heterocycles. The first-order valence-corrected chi connectivity index (χ1v) is 9.69. The Labute approximate surface area is 209 Å². The Balaban J connectivity index is 0.000000473. The summed E-state index contributed by atoms with van der Waals surface area (Å²) in [5.74, 6) is -3.52. The Kier molecular flexibility index (Phi) is 16.1. The van der Waals surface area contributed by atoms with Gasteiger partial charge in [-0.2, -0.15) is 0 Å². The predicted molar refractivity (Wildman–Crippen MR) is 127 cm³/mol. The Morgan fingerprint density at radius 3 is 0.824 bits per heavy atom. The van der Waals surface area contributed by atoms with Gasteiger partial charge in [-0.3, -0.25) is 0 Å². The summed E-state index contributed by atoms with van der Waals surface area (Å²) in [6, 6.07) is 27.6. The standard InChI is InChI=1S/3C9H8O2.Al/c3*10-9(11)7-6-8-4-2-1-3-5-8;/h3*1-7H,(H,10,11);/q;;;+3/p-3/b3*7-6+;. The molecule has 0 radical (unpaired) electrons. The van der Waals surface area contributed by atoms with E-state index in [2.05, 4.69) is 0 Å². The fourth-order valence-corrected chi connectivity index (χ4v) is 2.19. The molecule has 0 N–H and O–H groups in total. The van der Waals surface area contributed by atoms with E-state index in [-0.39, 0.29) is 17.4 Å². The second kappa shape index (κ2) is 18.4. The number of carboxylic acids is 3. The molecule has 0 aliphatic heterocycles. The molecule has 34 heavy (non-hydrogen) atoms. The van der Waals surface area contributed by atoms with E-state index in [0.29, 0.717) is 0 Å². The van der Waals surface area contributed by atoms with Crippen LogP contribution in [0.15, 0.2) is 109 Å². The summed E-state index contributed by atoms with van der Waals surface area (Å²) in [6.07, 6.45) is 7.51. The summed E-state index contributed by atoms with van der Waals surface area (Å²) in [6.45, 7) is 0. The summed E-state index contributed by atoms with van der Waals surface area (Å²) >= 11 is 0. The van der Waals surface area contributed by atoms with Gasteiger partial charge in [0.15, 0.2) is 0 Å². The summed E-state index contributed by atoms with van der Waals surface area (Å²) in [5.41, 5.74) is 2.57. The van der Waals surface area contributed by atoms with Crippen LogP contribution in [0.1, 0.15) is 16.7 Å².